The third-order valence-electron chi connectivity index (χ3n) is 23.6. The van der Waals surface area contributed by atoms with Crippen LogP contribution >= 0.6 is 58.0 Å². The summed E-state index contributed by atoms with van der Waals surface area (Å²) in [6.07, 6.45) is 14.6. The summed E-state index contributed by atoms with van der Waals surface area (Å²) < 4.78 is 47.5. The molecular formula is C101H103Cl5F3N17O13. The number of carbonyl (C=O) groups excluding carboxylic acids is 2. The van der Waals surface area contributed by atoms with E-state index in [4.69, 9.17) is 120 Å². The van der Waals surface area contributed by atoms with Crippen LogP contribution in [0.5, 0.6) is 0 Å². The molecule has 15 aromatic rings. The second kappa shape index (κ2) is 47.2. The van der Waals surface area contributed by atoms with Crippen molar-refractivity contribution >= 4 is 154 Å². The largest absolute Gasteiger partial charge is 0.490 e. The number of H-pyrrole nitrogens is 2. The van der Waals surface area contributed by atoms with Crippen LogP contribution in [0.15, 0.2) is 234 Å². The van der Waals surface area contributed by atoms with E-state index < -0.39 is 47.2 Å². The van der Waals surface area contributed by atoms with Gasteiger partial charge in [-0.1, -0.05) is 181 Å². The molecule has 0 bridgehead atoms. The number of carboxylic acid groups (broad SMARTS) is 3. The lowest BCUT2D eigenvalue weighted by Crippen LogP contribution is -2.34. The normalized spacial score (nSPS) is 14.5. The molecule has 726 valence electrons. The first-order valence-corrected chi connectivity index (χ1v) is 46.7. The van der Waals surface area contributed by atoms with Crippen molar-refractivity contribution in [2.45, 2.75) is 173 Å². The fraction of sp³-hybridized carbons (Fsp3) is 0.317. The van der Waals surface area contributed by atoms with E-state index in [0.29, 0.717) is 105 Å². The molecule has 139 heavy (non-hydrogen) atoms. The molecule has 4 atom stereocenters. The Morgan fingerprint density at radius 2 is 0.813 bits per heavy atom. The average Bonchev–Trinajstić information content (AvgIpc) is 0.828. The molecule has 4 saturated carbocycles. The highest BCUT2D eigenvalue weighted by atomic mass is 35.5. The van der Waals surface area contributed by atoms with Crippen molar-refractivity contribution in [2.24, 2.45) is 35.3 Å². The molecule has 0 radical (unpaired) electrons. The number of imidazole rings is 2. The van der Waals surface area contributed by atoms with E-state index in [9.17, 15) is 46.7 Å². The van der Waals surface area contributed by atoms with E-state index >= 15 is 0 Å². The number of anilines is 2. The summed E-state index contributed by atoms with van der Waals surface area (Å²) in [6.45, 7) is 10.9. The van der Waals surface area contributed by atoms with Gasteiger partial charge in [0.2, 0.25) is 0 Å². The number of nitrogens with one attached hydrogen (secondary N) is 2. The number of aliphatic carboxylic acids is 2. The highest BCUT2D eigenvalue weighted by Gasteiger charge is 2.41. The number of carbonyl (C=O) groups is 5. The van der Waals surface area contributed by atoms with Crippen LogP contribution < -0.4 is 33.9 Å². The fourth-order valence-electron chi connectivity index (χ4n) is 16.0. The van der Waals surface area contributed by atoms with Gasteiger partial charge in [0.1, 0.15) is 57.9 Å². The number of nitrogen functional groups attached to an aromatic ring is 2. The molecule has 0 saturated heterocycles. The number of hydrogen-bond donors (Lipinski definition) is 8. The zero-order valence-corrected chi connectivity index (χ0v) is 80.3. The molecule has 0 aliphatic heterocycles. The van der Waals surface area contributed by atoms with E-state index in [-0.39, 0.29) is 81.5 Å². The summed E-state index contributed by atoms with van der Waals surface area (Å²) in [6, 6.07) is 58.5. The quantitative estimate of drug-likeness (QED) is 0.0225. The van der Waals surface area contributed by atoms with Crippen molar-refractivity contribution in [3.63, 3.8) is 0 Å². The number of aromatic nitrogens is 14. The molecule has 0 spiro atoms. The van der Waals surface area contributed by atoms with Gasteiger partial charge in [-0.25, -0.2) is 54.4 Å². The number of aromatic carboxylic acids is 1. The Balaban J connectivity index is 0.000000151. The van der Waals surface area contributed by atoms with Gasteiger partial charge in [0.15, 0.2) is 16.4 Å². The molecule has 0 amide bonds. The van der Waals surface area contributed by atoms with Gasteiger partial charge in [-0.15, -0.1) is 0 Å². The number of para-hydroxylation sites is 4. The number of rotatable bonds is 18. The zero-order chi connectivity index (χ0) is 100. The third-order valence-corrected chi connectivity index (χ3v) is 25.1. The van der Waals surface area contributed by atoms with Crippen molar-refractivity contribution in [2.75, 3.05) is 11.5 Å². The lowest BCUT2D eigenvalue weighted by Gasteiger charge is -2.34. The lowest BCUT2D eigenvalue weighted by molar-refractivity contribution is -0.192. The standard InChI is InChI=1S/C25H21ClN6O.C25H27ClN2O3.C19H18ClN3O.C12H20O4.C7H6ClNO2.C6H7N.C5H3ClN4.C2HF3O2/c26-18-10-5-11-19-21(18)25(33)32(16-8-2-1-3-9-16)24(31-19)17(15-6-4-7-15)12-20-22-23(29-13-27-20)30-14-28-22;1-25(2,3)31-21(29)15-18(16-9-7-10-16)23-27-20-14-8-13-19(26)22(20)24(30)28(23)17-11-5-4-6-12-17;20-14-10-5-11-15-16(14)19(24)23(13-8-2-1-3-9-13)18(22-15)17(21)12-6-4-7-12;1-12(2,3)16-10(13)7-9(11(14)15)8-5-4-6-8;8-4-2-1-3-5(9)6(4)7(10)11;7-6-4-2-1-3-5-6;6-4-3-5(9-1-7-3)10-2-8-4;3-2(4,5)1(6)7/h1-3,5,8-11,13-15,17H,4,6-7,12H2,(H,27,28,29,30);4-6,8,11-14,16,18H,7,9-10,15H2,1-3H3;1-3,5,8-12,17H,4,6-7,21H2;8-9H,4-7H2,1-3H3,(H,14,15);1-3H,9H2,(H,10,11);1-5H,7H2;1-2H,(H,7,8,9,10);(H,6,7)/t17-;18-;17-;9-;;;;/m0000..../s1. The summed E-state index contributed by atoms with van der Waals surface area (Å²) in [4.78, 5) is 141. The number of nitrogens with two attached hydrogens (primary N) is 3. The van der Waals surface area contributed by atoms with Gasteiger partial charge in [0.05, 0.1) is 113 Å². The molecule has 7 heterocycles. The maximum absolute atomic E-state index is 13.8. The Labute approximate surface area is 820 Å². The SMILES string of the molecule is CC(C)(C)OC(=O)C[C@H](C(=O)O)C1CCC1.CC(C)(C)OC(=O)C[C@H](c1nc2cccc(Cl)c2c(=O)n1-c1ccccc1)C1CCC1.Clc1ncnc2nc[nH]c12.N[C@H](c1nc2cccc(Cl)c2c(=O)n1-c1ccccc1)C1CCC1.Nc1cccc(Cl)c1C(=O)O.Nc1ccccc1.O=C(O)C(F)(F)F.O=c1c2c(Cl)cccc2nc([C@@H](Cc2ncnc3nc[nH]c23)C2CCC2)n1-c1ccccc1. The lowest BCUT2D eigenvalue weighted by atomic mass is 9.73. The molecule has 19 rings (SSSR count). The van der Waals surface area contributed by atoms with E-state index in [1.165, 1.54) is 37.6 Å². The van der Waals surface area contributed by atoms with Gasteiger partial charge in [-0.2, -0.15) is 13.2 Å². The summed E-state index contributed by atoms with van der Waals surface area (Å²) in [5.41, 5.74) is 24.2. The van der Waals surface area contributed by atoms with Crippen LogP contribution in [-0.2, 0) is 35.1 Å². The van der Waals surface area contributed by atoms with E-state index in [1.54, 1.807) is 83.5 Å². The monoisotopic (exact) mass is 1990 g/mol. The smallest absolute Gasteiger partial charge is 0.481 e. The average molecular weight is 2000 g/mol. The summed E-state index contributed by atoms with van der Waals surface area (Å²) in [5, 5.41) is 27.8. The first kappa shape index (κ1) is 104. The second-order valence-corrected chi connectivity index (χ2v) is 37.4. The second-order valence-electron chi connectivity index (χ2n) is 35.4. The first-order chi connectivity index (χ1) is 66.2. The van der Waals surface area contributed by atoms with E-state index in [2.05, 4.69) is 39.9 Å². The molecular weight excluding hydrogens is 1890 g/mol. The highest BCUT2D eigenvalue weighted by molar-refractivity contribution is 6.36. The zero-order valence-electron chi connectivity index (χ0n) is 76.6. The van der Waals surface area contributed by atoms with Crippen LogP contribution in [0.2, 0.25) is 25.2 Å². The molecule has 4 aliphatic rings. The van der Waals surface area contributed by atoms with Crippen molar-refractivity contribution in [1.29, 1.82) is 0 Å². The number of fused-ring (bicyclic) bond motifs is 5. The van der Waals surface area contributed by atoms with Gasteiger partial charge < -0.3 is 52.0 Å². The Bertz CT molecular complexity index is 7000. The molecule has 0 unspecified atom stereocenters. The minimum atomic E-state index is -5.08. The van der Waals surface area contributed by atoms with E-state index in [1.807, 2.05) is 166 Å². The maximum Gasteiger partial charge on any atom is 0.490 e. The van der Waals surface area contributed by atoms with E-state index in [0.717, 1.165) is 98.3 Å². The first-order valence-electron chi connectivity index (χ1n) is 44.8. The van der Waals surface area contributed by atoms with Crippen LogP contribution in [0.25, 0.3) is 72.1 Å². The van der Waals surface area contributed by atoms with Crippen LogP contribution in [0, 0.1) is 29.6 Å². The number of esters is 2. The fourth-order valence-corrected chi connectivity index (χ4v) is 17.2. The number of hydrogen-bond acceptors (Lipinski definition) is 22. The Hall–Kier alpha value is -13.6. The molecule has 11 N–H and O–H groups in total. The summed E-state index contributed by atoms with van der Waals surface area (Å²) in [5.74, 6) is -2.99. The molecule has 7 aromatic heterocycles. The van der Waals surface area contributed by atoms with Crippen molar-refractivity contribution in [1.82, 2.24) is 68.5 Å². The highest BCUT2D eigenvalue weighted by Crippen LogP contribution is 2.45. The topological polar surface area (TPSA) is 456 Å². The number of alkyl halides is 3. The Morgan fingerprint density at radius 3 is 1.18 bits per heavy atom. The molecule has 4 aliphatic carbocycles. The van der Waals surface area contributed by atoms with Gasteiger partial charge in [0, 0.05) is 29.6 Å². The molecule has 38 heteroatoms. The number of benzene rings is 8. The van der Waals surface area contributed by atoms with Crippen molar-refractivity contribution < 1.29 is 61.9 Å². The van der Waals surface area contributed by atoms with Gasteiger partial charge in [-0.3, -0.25) is 42.5 Å². The minimum absolute atomic E-state index is 0.00271. The number of carboxylic acids is 3. The van der Waals surface area contributed by atoms with Crippen molar-refractivity contribution in [3.05, 3.63) is 304 Å². The molecule has 8 aromatic carbocycles. The predicted molar refractivity (Wildman–Crippen MR) is 530 cm³/mol. The third kappa shape index (κ3) is 27.1. The summed E-state index contributed by atoms with van der Waals surface area (Å²) in [7, 11) is 0. The van der Waals surface area contributed by atoms with Gasteiger partial charge in [-0.05, 0) is 214 Å². The van der Waals surface area contributed by atoms with Crippen LogP contribution in [0.4, 0.5) is 24.5 Å². The maximum atomic E-state index is 13.8. The van der Waals surface area contributed by atoms with Crippen LogP contribution in [0.3, 0.4) is 0 Å². The minimum Gasteiger partial charge on any atom is -0.481 e. The Kier molecular flexibility index (Phi) is 35.4. The van der Waals surface area contributed by atoms with Crippen LogP contribution in [-0.4, -0.2) is 131 Å². The van der Waals surface area contributed by atoms with Gasteiger partial charge >= 0.3 is 36.0 Å². The van der Waals surface area contributed by atoms with Crippen LogP contribution in [0.1, 0.15) is 183 Å². The number of ether oxygens (including phenoxy) is 2. The van der Waals surface area contributed by atoms with Crippen molar-refractivity contribution in [3.8, 4) is 17.1 Å². The van der Waals surface area contributed by atoms with Gasteiger partial charge in [0.25, 0.3) is 16.7 Å². The number of halogens is 8. The molecule has 4 fully saturated rings. The number of nitrogens with zero attached hydrogens (tertiary/aromatic N) is 12. The summed E-state index contributed by atoms with van der Waals surface area (Å²) >= 11 is 30.3. The molecule has 30 nitrogen and oxygen atoms in total. The predicted octanol–water partition coefficient (Wildman–Crippen LogP) is 21.1. The Morgan fingerprint density at radius 1 is 0.446 bits per heavy atom. The number of aromatic amines is 2.